The number of hydrogen-bond donors (Lipinski definition) is 0. The van der Waals surface area contributed by atoms with Gasteiger partial charge in [0, 0.05) is 11.6 Å². The highest BCUT2D eigenvalue weighted by molar-refractivity contribution is 5.71. The normalized spacial score (nSPS) is 17.1. The Kier molecular flexibility index (Phi) is 3.64. The van der Waals surface area contributed by atoms with Gasteiger partial charge in [0.1, 0.15) is 12.2 Å². The van der Waals surface area contributed by atoms with Gasteiger partial charge in [-0.2, -0.15) is 0 Å². The van der Waals surface area contributed by atoms with Crippen molar-refractivity contribution >= 4 is 5.97 Å². The number of rotatable bonds is 3. The van der Waals surface area contributed by atoms with E-state index in [4.69, 9.17) is 4.74 Å². The summed E-state index contributed by atoms with van der Waals surface area (Å²) in [4.78, 5) is 20.3. The summed E-state index contributed by atoms with van der Waals surface area (Å²) in [6, 6.07) is 0. The first-order valence-corrected chi connectivity index (χ1v) is 6.54. The SMILES string of the molecule is CCOC(=O)Cc1ncc2c(n1)C(C)(C)CCC2. The largest absolute Gasteiger partial charge is 0.466 e. The maximum Gasteiger partial charge on any atom is 0.313 e. The van der Waals surface area contributed by atoms with Gasteiger partial charge in [-0.25, -0.2) is 9.97 Å². The fourth-order valence-electron chi connectivity index (χ4n) is 2.48. The molecule has 0 spiro atoms. The Morgan fingerprint density at radius 3 is 3.00 bits per heavy atom. The molecule has 0 saturated carbocycles. The van der Waals surface area contributed by atoms with E-state index in [-0.39, 0.29) is 17.8 Å². The van der Waals surface area contributed by atoms with Crippen molar-refractivity contribution in [1.82, 2.24) is 9.97 Å². The zero-order chi connectivity index (χ0) is 13.2. The molecule has 0 unspecified atom stereocenters. The summed E-state index contributed by atoms with van der Waals surface area (Å²) in [5.74, 6) is 0.313. The van der Waals surface area contributed by atoms with Crippen LogP contribution in [0.25, 0.3) is 0 Å². The van der Waals surface area contributed by atoms with Crippen molar-refractivity contribution < 1.29 is 9.53 Å². The second-order valence-electron chi connectivity index (χ2n) is 5.38. The van der Waals surface area contributed by atoms with Crippen molar-refractivity contribution in [3.8, 4) is 0 Å². The fourth-order valence-corrected chi connectivity index (χ4v) is 2.48. The third kappa shape index (κ3) is 2.68. The molecule has 98 valence electrons. The van der Waals surface area contributed by atoms with Gasteiger partial charge in [-0.05, 0) is 31.7 Å². The summed E-state index contributed by atoms with van der Waals surface area (Å²) in [5, 5.41) is 0. The molecule has 0 N–H and O–H groups in total. The van der Waals surface area contributed by atoms with Crippen LogP contribution in [0.2, 0.25) is 0 Å². The second-order valence-corrected chi connectivity index (χ2v) is 5.38. The molecule has 0 atom stereocenters. The fraction of sp³-hybridized carbons (Fsp3) is 0.643. The lowest BCUT2D eigenvalue weighted by Crippen LogP contribution is -2.27. The van der Waals surface area contributed by atoms with Crippen molar-refractivity contribution in [3.05, 3.63) is 23.3 Å². The summed E-state index contributed by atoms with van der Waals surface area (Å²) in [7, 11) is 0. The topological polar surface area (TPSA) is 52.1 Å². The molecule has 0 saturated heterocycles. The number of carbonyl (C=O) groups excluding carboxylic acids is 1. The van der Waals surface area contributed by atoms with Crippen LogP contribution >= 0.6 is 0 Å². The lowest BCUT2D eigenvalue weighted by molar-refractivity contribution is -0.142. The molecule has 4 nitrogen and oxygen atoms in total. The first kappa shape index (κ1) is 13.0. The predicted molar refractivity (Wildman–Crippen MR) is 68.3 cm³/mol. The summed E-state index contributed by atoms with van der Waals surface area (Å²) in [6.07, 6.45) is 5.39. The highest BCUT2D eigenvalue weighted by Crippen LogP contribution is 2.34. The zero-order valence-electron chi connectivity index (χ0n) is 11.3. The number of aryl methyl sites for hydroxylation is 1. The summed E-state index contributed by atoms with van der Waals surface area (Å²) < 4.78 is 4.92. The highest BCUT2D eigenvalue weighted by Gasteiger charge is 2.29. The van der Waals surface area contributed by atoms with E-state index in [1.165, 1.54) is 12.0 Å². The average Bonchev–Trinajstić information content (AvgIpc) is 2.30. The minimum absolute atomic E-state index is 0.0833. The molecule has 2 rings (SSSR count). The highest BCUT2D eigenvalue weighted by atomic mass is 16.5. The van der Waals surface area contributed by atoms with E-state index in [0.29, 0.717) is 12.4 Å². The first-order valence-electron chi connectivity index (χ1n) is 6.54. The number of ether oxygens (including phenoxy) is 1. The van der Waals surface area contributed by atoms with Gasteiger partial charge in [-0.1, -0.05) is 13.8 Å². The third-order valence-electron chi connectivity index (χ3n) is 3.41. The molecule has 1 heterocycles. The lowest BCUT2D eigenvalue weighted by Gasteiger charge is -2.31. The van der Waals surface area contributed by atoms with Crippen LogP contribution in [0, 0.1) is 0 Å². The number of esters is 1. The van der Waals surface area contributed by atoms with E-state index in [2.05, 4.69) is 23.8 Å². The Hall–Kier alpha value is -1.45. The molecule has 1 aromatic heterocycles. The molecule has 0 bridgehead atoms. The van der Waals surface area contributed by atoms with Gasteiger partial charge in [0.2, 0.25) is 0 Å². The first-order chi connectivity index (χ1) is 8.53. The molecule has 1 aliphatic rings. The van der Waals surface area contributed by atoms with Crippen molar-refractivity contribution in [3.63, 3.8) is 0 Å². The van der Waals surface area contributed by atoms with Crippen molar-refractivity contribution in [2.75, 3.05) is 6.61 Å². The standard InChI is InChI=1S/C14H20N2O2/c1-4-18-12(17)8-11-15-9-10-6-5-7-14(2,3)13(10)16-11/h9H,4-8H2,1-3H3. The van der Waals surface area contributed by atoms with Crippen LogP contribution in [-0.4, -0.2) is 22.5 Å². The van der Waals surface area contributed by atoms with Crippen LogP contribution in [0.5, 0.6) is 0 Å². The second kappa shape index (κ2) is 5.04. The summed E-state index contributed by atoms with van der Waals surface area (Å²) >= 11 is 0. The molecular weight excluding hydrogens is 228 g/mol. The van der Waals surface area contributed by atoms with E-state index in [9.17, 15) is 4.79 Å². The van der Waals surface area contributed by atoms with Crippen LogP contribution in [0.4, 0.5) is 0 Å². The molecule has 0 aromatic carbocycles. The average molecular weight is 248 g/mol. The van der Waals surface area contributed by atoms with Crippen LogP contribution in [0.3, 0.4) is 0 Å². The van der Waals surface area contributed by atoms with Gasteiger partial charge >= 0.3 is 5.97 Å². The monoisotopic (exact) mass is 248 g/mol. The number of aromatic nitrogens is 2. The lowest BCUT2D eigenvalue weighted by atomic mass is 9.76. The minimum atomic E-state index is -0.258. The van der Waals surface area contributed by atoms with Crippen molar-refractivity contribution in [1.29, 1.82) is 0 Å². The molecule has 1 aliphatic carbocycles. The quantitative estimate of drug-likeness (QED) is 0.769. The van der Waals surface area contributed by atoms with Crippen LogP contribution in [-0.2, 0) is 27.8 Å². The minimum Gasteiger partial charge on any atom is -0.466 e. The smallest absolute Gasteiger partial charge is 0.313 e. The molecule has 4 heteroatoms. The molecule has 1 aromatic rings. The van der Waals surface area contributed by atoms with Gasteiger partial charge in [0.05, 0.1) is 12.3 Å². The van der Waals surface area contributed by atoms with Crippen molar-refractivity contribution in [2.45, 2.75) is 51.9 Å². The van der Waals surface area contributed by atoms with Crippen LogP contribution in [0.1, 0.15) is 50.7 Å². The third-order valence-corrected chi connectivity index (χ3v) is 3.41. The van der Waals surface area contributed by atoms with E-state index in [0.717, 1.165) is 18.5 Å². The van der Waals surface area contributed by atoms with Gasteiger partial charge in [-0.15, -0.1) is 0 Å². The van der Waals surface area contributed by atoms with E-state index < -0.39 is 0 Å². The molecule has 18 heavy (non-hydrogen) atoms. The Balaban J connectivity index is 2.23. The van der Waals surface area contributed by atoms with Gasteiger partial charge in [-0.3, -0.25) is 4.79 Å². The maximum atomic E-state index is 11.4. The number of carbonyl (C=O) groups is 1. The Morgan fingerprint density at radius 2 is 2.28 bits per heavy atom. The molecule has 0 amide bonds. The molecule has 0 radical (unpaired) electrons. The summed E-state index contributed by atoms with van der Waals surface area (Å²) in [6.45, 7) is 6.60. The van der Waals surface area contributed by atoms with Gasteiger partial charge < -0.3 is 4.74 Å². The van der Waals surface area contributed by atoms with E-state index in [1.54, 1.807) is 6.92 Å². The van der Waals surface area contributed by atoms with Crippen LogP contribution in [0.15, 0.2) is 6.20 Å². The molecule has 0 aliphatic heterocycles. The number of fused-ring (bicyclic) bond motifs is 1. The Bertz CT molecular complexity index is 455. The maximum absolute atomic E-state index is 11.4. The van der Waals surface area contributed by atoms with Crippen molar-refractivity contribution in [2.24, 2.45) is 0 Å². The Labute approximate surface area is 108 Å². The van der Waals surface area contributed by atoms with Crippen LogP contribution < -0.4 is 0 Å². The number of nitrogens with zero attached hydrogens (tertiary/aromatic N) is 2. The van der Waals surface area contributed by atoms with Gasteiger partial charge in [0.15, 0.2) is 0 Å². The van der Waals surface area contributed by atoms with E-state index in [1.807, 2.05) is 6.20 Å². The molecule has 0 fully saturated rings. The zero-order valence-corrected chi connectivity index (χ0v) is 11.3. The Morgan fingerprint density at radius 1 is 1.50 bits per heavy atom. The van der Waals surface area contributed by atoms with E-state index >= 15 is 0 Å². The number of hydrogen-bond acceptors (Lipinski definition) is 4. The predicted octanol–water partition coefficient (Wildman–Crippen LogP) is 2.20. The summed E-state index contributed by atoms with van der Waals surface area (Å²) in [5.41, 5.74) is 2.40. The van der Waals surface area contributed by atoms with Gasteiger partial charge in [0.25, 0.3) is 0 Å². The molecular formula is C14H20N2O2.